The average Bonchev–Trinajstić information content (AvgIpc) is 3.82. The highest BCUT2D eigenvalue weighted by atomic mass is 16.5. The molecule has 2 N–H and O–H groups in total. The first-order valence-electron chi connectivity index (χ1n) is 14.2. The van der Waals surface area contributed by atoms with Crippen LogP contribution in [0, 0.1) is 6.92 Å². The Kier molecular flexibility index (Phi) is 7.51. The topological polar surface area (TPSA) is 134 Å². The number of aromatic nitrogens is 2. The zero-order valence-electron chi connectivity index (χ0n) is 23.6. The molecule has 0 radical (unpaired) electrons. The van der Waals surface area contributed by atoms with Crippen LogP contribution in [0.5, 0.6) is 11.5 Å². The van der Waals surface area contributed by atoms with Crippen molar-refractivity contribution in [1.82, 2.24) is 25.1 Å². The quantitative estimate of drug-likeness (QED) is 0.483. The van der Waals surface area contributed by atoms with E-state index in [2.05, 4.69) is 15.3 Å². The average molecular weight is 572 g/mol. The van der Waals surface area contributed by atoms with Crippen molar-refractivity contribution in [2.75, 3.05) is 26.7 Å². The second-order valence-corrected chi connectivity index (χ2v) is 11.2. The van der Waals surface area contributed by atoms with Gasteiger partial charge in [0.25, 0.3) is 17.4 Å². The monoisotopic (exact) mass is 571 g/mol. The van der Waals surface area contributed by atoms with Crippen LogP contribution in [-0.2, 0) is 16.1 Å². The molecule has 0 spiro atoms. The molecule has 3 heterocycles. The Balaban J connectivity index is 1.25. The Bertz CT molecular complexity index is 1600. The number of benzene rings is 2. The summed E-state index contributed by atoms with van der Waals surface area (Å²) in [6.07, 6.45) is 3.35. The molecule has 2 fully saturated rings. The number of hydrogen-bond acceptors (Lipinski definition) is 7. The number of likely N-dealkylation sites (tertiary alicyclic amines) is 1. The molecule has 6 rings (SSSR count). The molecule has 2 atom stereocenters. The molecule has 42 heavy (non-hydrogen) atoms. The molecule has 1 saturated heterocycles. The minimum atomic E-state index is -0.560. The standard InChI is InChI=1S/C31H33N5O6/c1-18-6-7-21-13-26(18)42-22-5-3-4-19(12-22)17-41-25-10-11-36(15-24(25)33-27(37)16-35(2)30(21)39)31(40)23-14-32-28(20-8-9-20)34-29(23)38/h3-7,12-14,20,24-25H,8-11,15-17H2,1-2H3,(H,33,37)(H,32,34,38)/t24-,25+/m0/s1. The number of piperidine rings is 1. The van der Waals surface area contributed by atoms with Gasteiger partial charge in [0.05, 0.1) is 25.3 Å². The summed E-state index contributed by atoms with van der Waals surface area (Å²) in [6.45, 7) is 2.46. The number of likely N-dealkylation sites (N-methyl/N-ethyl adjacent to an activating group) is 1. The van der Waals surface area contributed by atoms with E-state index in [1.165, 1.54) is 11.1 Å². The molecule has 11 nitrogen and oxygen atoms in total. The van der Waals surface area contributed by atoms with Crippen LogP contribution in [0.2, 0.25) is 0 Å². The van der Waals surface area contributed by atoms with Gasteiger partial charge in [-0.3, -0.25) is 19.2 Å². The number of fused-ring (bicyclic) bond motifs is 5. The lowest BCUT2D eigenvalue weighted by molar-refractivity contribution is -0.124. The number of aryl methyl sites for hydroxylation is 1. The molecule has 1 saturated carbocycles. The number of H-pyrrole nitrogens is 1. The minimum Gasteiger partial charge on any atom is -0.457 e. The zero-order valence-corrected chi connectivity index (χ0v) is 23.6. The summed E-state index contributed by atoms with van der Waals surface area (Å²) in [5.41, 5.74) is 1.66. The molecule has 4 bridgehead atoms. The number of ether oxygens (including phenoxy) is 2. The molecule has 3 aliphatic rings. The van der Waals surface area contributed by atoms with E-state index in [-0.39, 0.29) is 43.0 Å². The third-order valence-electron chi connectivity index (χ3n) is 7.95. The van der Waals surface area contributed by atoms with Crippen LogP contribution in [0.4, 0.5) is 0 Å². The highest BCUT2D eigenvalue weighted by molar-refractivity contribution is 5.97. The second kappa shape index (κ2) is 11.4. The van der Waals surface area contributed by atoms with Crippen molar-refractivity contribution in [3.8, 4) is 11.5 Å². The van der Waals surface area contributed by atoms with Crippen molar-refractivity contribution >= 4 is 17.7 Å². The number of rotatable bonds is 2. The van der Waals surface area contributed by atoms with Crippen LogP contribution in [-0.4, -0.2) is 76.3 Å². The molecule has 218 valence electrons. The minimum absolute atomic E-state index is 0.0297. The maximum Gasteiger partial charge on any atom is 0.263 e. The summed E-state index contributed by atoms with van der Waals surface area (Å²) in [7, 11) is 1.56. The lowest BCUT2D eigenvalue weighted by atomic mass is 10.0. The van der Waals surface area contributed by atoms with Gasteiger partial charge >= 0.3 is 0 Å². The van der Waals surface area contributed by atoms with Crippen molar-refractivity contribution in [1.29, 1.82) is 0 Å². The number of nitrogens with zero attached hydrogens (tertiary/aromatic N) is 3. The fourth-order valence-electron chi connectivity index (χ4n) is 5.38. The van der Waals surface area contributed by atoms with E-state index in [9.17, 15) is 19.2 Å². The van der Waals surface area contributed by atoms with Gasteiger partial charge in [-0.1, -0.05) is 18.2 Å². The Hall–Kier alpha value is -4.51. The van der Waals surface area contributed by atoms with Gasteiger partial charge in [0.15, 0.2) is 0 Å². The van der Waals surface area contributed by atoms with Gasteiger partial charge in [0.1, 0.15) is 22.9 Å². The molecule has 1 aliphatic carbocycles. The fourth-order valence-corrected chi connectivity index (χ4v) is 5.38. The Morgan fingerprint density at radius 3 is 2.69 bits per heavy atom. The van der Waals surface area contributed by atoms with Crippen LogP contribution in [0.1, 0.15) is 62.8 Å². The van der Waals surface area contributed by atoms with Crippen LogP contribution in [0.25, 0.3) is 0 Å². The van der Waals surface area contributed by atoms with Gasteiger partial charge in [-0.25, -0.2) is 4.98 Å². The highest BCUT2D eigenvalue weighted by Crippen LogP contribution is 2.37. The molecule has 3 aromatic rings. The summed E-state index contributed by atoms with van der Waals surface area (Å²) < 4.78 is 12.4. The van der Waals surface area contributed by atoms with E-state index < -0.39 is 23.6 Å². The number of hydrogen-bond donors (Lipinski definition) is 2. The van der Waals surface area contributed by atoms with Crippen LogP contribution in [0.15, 0.2) is 53.5 Å². The number of aromatic amines is 1. The van der Waals surface area contributed by atoms with Crippen LogP contribution in [0.3, 0.4) is 0 Å². The molecule has 3 amide bonds. The van der Waals surface area contributed by atoms with E-state index in [1.54, 1.807) is 24.1 Å². The SMILES string of the molecule is Cc1ccc2cc1Oc1cccc(c1)CO[C@@H]1CCN(C(=O)c3cnc(C4CC4)[nH]c3=O)C[C@@H]1NC(=O)CN(C)C2=O. The van der Waals surface area contributed by atoms with Gasteiger partial charge in [-0.05, 0) is 61.6 Å². The first kappa shape index (κ1) is 27.6. The maximum absolute atomic E-state index is 13.4. The van der Waals surface area contributed by atoms with Crippen molar-refractivity contribution in [2.24, 2.45) is 0 Å². The predicted octanol–water partition coefficient (Wildman–Crippen LogP) is 2.75. The lowest BCUT2D eigenvalue weighted by Crippen LogP contribution is -2.58. The Morgan fingerprint density at radius 2 is 1.90 bits per heavy atom. The van der Waals surface area contributed by atoms with Gasteiger partial charge in [-0.2, -0.15) is 0 Å². The first-order valence-corrected chi connectivity index (χ1v) is 14.2. The number of carbonyl (C=O) groups is 3. The van der Waals surface area contributed by atoms with Gasteiger partial charge in [-0.15, -0.1) is 0 Å². The van der Waals surface area contributed by atoms with E-state index in [4.69, 9.17) is 9.47 Å². The predicted molar refractivity (Wildman–Crippen MR) is 153 cm³/mol. The smallest absolute Gasteiger partial charge is 0.263 e. The van der Waals surface area contributed by atoms with Gasteiger partial charge in [0, 0.05) is 37.8 Å². The van der Waals surface area contributed by atoms with Crippen molar-refractivity contribution in [2.45, 2.75) is 50.9 Å². The molecular formula is C31H33N5O6. The third-order valence-corrected chi connectivity index (χ3v) is 7.95. The van der Waals surface area contributed by atoms with Crippen molar-refractivity contribution in [3.63, 3.8) is 0 Å². The summed E-state index contributed by atoms with van der Waals surface area (Å²) in [4.78, 5) is 62.4. The summed E-state index contributed by atoms with van der Waals surface area (Å²) >= 11 is 0. The molecule has 0 unspecified atom stereocenters. The van der Waals surface area contributed by atoms with Crippen molar-refractivity contribution < 1.29 is 23.9 Å². The lowest BCUT2D eigenvalue weighted by Gasteiger charge is -2.39. The van der Waals surface area contributed by atoms with Crippen molar-refractivity contribution in [3.05, 3.63) is 87.1 Å². The highest BCUT2D eigenvalue weighted by Gasteiger charge is 2.35. The number of amides is 3. The van der Waals surface area contributed by atoms with E-state index in [0.717, 1.165) is 24.0 Å². The van der Waals surface area contributed by atoms with E-state index in [0.29, 0.717) is 35.9 Å². The van der Waals surface area contributed by atoms with Gasteiger partial charge < -0.3 is 29.6 Å². The zero-order chi connectivity index (χ0) is 29.4. The van der Waals surface area contributed by atoms with E-state index >= 15 is 0 Å². The molecule has 2 aromatic carbocycles. The number of nitrogens with one attached hydrogen (secondary N) is 2. The van der Waals surface area contributed by atoms with Crippen LogP contribution >= 0.6 is 0 Å². The van der Waals surface area contributed by atoms with E-state index in [1.807, 2.05) is 37.3 Å². The molecular weight excluding hydrogens is 538 g/mol. The van der Waals surface area contributed by atoms with Crippen LogP contribution < -0.4 is 15.6 Å². The third kappa shape index (κ3) is 5.91. The maximum atomic E-state index is 13.4. The number of carbonyl (C=O) groups excluding carboxylic acids is 3. The second-order valence-electron chi connectivity index (χ2n) is 11.2. The summed E-state index contributed by atoms with van der Waals surface area (Å²) in [5, 5.41) is 2.98. The summed E-state index contributed by atoms with van der Waals surface area (Å²) in [6, 6.07) is 12.1. The van der Waals surface area contributed by atoms with Gasteiger partial charge in [0.2, 0.25) is 5.91 Å². The Morgan fingerprint density at radius 1 is 1.07 bits per heavy atom. The molecule has 2 aliphatic heterocycles. The summed E-state index contributed by atoms with van der Waals surface area (Å²) in [5.74, 6) is 0.879. The first-order chi connectivity index (χ1) is 20.2. The fraction of sp³-hybridized carbons (Fsp3) is 0.387. The largest absolute Gasteiger partial charge is 0.457 e. The molecule has 1 aromatic heterocycles. The Labute approximate surface area is 242 Å². The normalized spacial score (nSPS) is 21.3. The molecule has 11 heteroatoms.